The van der Waals surface area contributed by atoms with Gasteiger partial charge in [0.1, 0.15) is 12.3 Å². The van der Waals surface area contributed by atoms with Crippen LogP contribution in [-0.2, 0) is 14.3 Å². The third-order valence-electron chi connectivity index (χ3n) is 4.52. The molecular weight excluding hydrogens is 396 g/mol. The maximum absolute atomic E-state index is 12.3. The zero-order valence-corrected chi connectivity index (χ0v) is 17.4. The highest BCUT2D eigenvalue weighted by molar-refractivity contribution is 5.98. The lowest BCUT2D eigenvalue weighted by Crippen LogP contribution is -2.35. The number of hydrogen-bond acceptors (Lipinski definition) is 5. The maximum Gasteiger partial charge on any atom is 0.326 e. The van der Waals surface area contributed by atoms with Gasteiger partial charge in [-0.25, -0.2) is 0 Å². The van der Waals surface area contributed by atoms with Crippen LogP contribution in [0, 0.1) is 0 Å². The summed E-state index contributed by atoms with van der Waals surface area (Å²) in [4.78, 5) is 36.5. The summed E-state index contributed by atoms with van der Waals surface area (Å²) in [5.41, 5.74) is 0.994. The van der Waals surface area contributed by atoms with E-state index in [2.05, 4.69) is 10.6 Å². The zero-order valence-electron chi connectivity index (χ0n) is 17.4. The summed E-state index contributed by atoms with van der Waals surface area (Å²) in [5.74, 6) is -0.931. The Bertz CT molecular complexity index is 1080. The van der Waals surface area contributed by atoms with Crippen LogP contribution in [0.1, 0.15) is 24.2 Å². The third kappa shape index (κ3) is 6.05. The van der Waals surface area contributed by atoms with Crippen molar-refractivity contribution in [2.24, 2.45) is 0 Å². The average Bonchev–Trinajstić information content (AvgIpc) is 2.78. The molecule has 0 saturated carbocycles. The number of fused-ring (bicyclic) bond motifs is 1. The molecule has 1 unspecified atom stereocenters. The SMILES string of the molecule is CCOc1ccc(C(=O)NCC(=O)OC(C)C(=O)Nc2ccc3ccccc3c2)cc1. The van der Waals surface area contributed by atoms with Crippen LogP contribution in [0.25, 0.3) is 10.8 Å². The highest BCUT2D eigenvalue weighted by Gasteiger charge is 2.18. The van der Waals surface area contributed by atoms with Crippen LogP contribution >= 0.6 is 0 Å². The van der Waals surface area contributed by atoms with Crippen LogP contribution in [0.2, 0.25) is 0 Å². The number of carbonyl (C=O) groups is 3. The van der Waals surface area contributed by atoms with E-state index in [0.29, 0.717) is 23.6 Å². The quantitative estimate of drug-likeness (QED) is 0.544. The largest absolute Gasteiger partial charge is 0.494 e. The van der Waals surface area contributed by atoms with Crippen LogP contribution in [0.15, 0.2) is 66.7 Å². The van der Waals surface area contributed by atoms with E-state index < -0.39 is 23.9 Å². The summed E-state index contributed by atoms with van der Waals surface area (Å²) in [6, 6.07) is 19.9. The van der Waals surface area contributed by atoms with Gasteiger partial charge in [-0.2, -0.15) is 0 Å². The molecule has 0 aliphatic rings. The topological polar surface area (TPSA) is 93.7 Å². The molecular formula is C24H24N2O5. The molecule has 0 spiro atoms. The first kappa shape index (κ1) is 21.8. The Labute approximate surface area is 180 Å². The molecule has 2 amide bonds. The van der Waals surface area contributed by atoms with E-state index >= 15 is 0 Å². The predicted octanol–water partition coefficient (Wildman–Crippen LogP) is 3.54. The summed E-state index contributed by atoms with van der Waals surface area (Å²) in [7, 11) is 0. The van der Waals surface area contributed by atoms with Gasteiger partial charge in [-0.15, -0.1) is 0 Å². The van der Waals surface area contributed by atoms with Crippen molar-refractivity contribution in [1.29, 1.82) is 0 Å². The minimum atomic E-state index is -1.01. The monoisotopic (exact) mass is 420 g/mol. The highest BCUT2D eigenvalue weighted by Crippen LogP contribution is 2.19. The molecule has 0 aliphatic heterocycles. The standard InChI is InChI=1S/C24H24N2O5/c1-3-30-21-12-9-18(10-13-21)24(29)25-15-22(27)31-16(2)23(28)26-20-11-8-17-6-4-5-7-19(17)14-20/h4-14,16H,3,15H2,1-2H3,(H,25,29)(H,26,28). The van der Waals surface area contributed by atoms with Gasteiger partial charge < -0.3 is 20.1 Å². The van der Waals surface area contributed by atoms with Gasteiger partial charge in [-0.05, 0) is 61.0 Å². The molecule has 0 radical (unpaired) electrons. The molecule has 1 atom stereocenters. The molecule has 0 fully saturated rings. The summed E-state index contributed by atoms with van der Waals surface area (Å²) >= 11 is 0. The molecule has 0 aliphatic carbocycles. The van der Waals surface area contributed by atoms with Gasteiger partial charge in [-0.3, -0.25) is 14.4 Å². The number of nitrogens with one attached hydrogen (secondary N) is 2. The molecule has 2 N–H and O–H groups in total. The smallest absolute Gasteiger partial charge is 0.326 e. The van der Waals surface area contributed by atoms with Gasteiger partial charge in [0.05, 0.1) is 6.61 Å². The number of ether oxygens (including phenoxy) is 2. The fraction of sp³-hybridized carbons (Fsp3) is 0.208. The van der Waals surface area contributed by atoms with Crippen LogP contribution in [0.4, 0.5) is 5.69 Å². The lowest BCUT2D eigenvalue weighted by molar-refractivity contribution is -0.152. The molecule has 7 heteroatoms. The van der Waals surface area contributed by atoms with E-state index in [9.17, 15) is 14.4 Å². The Kier molecular flexibility index (Phi) is 7.22. The van der Waals surface area contributed by atoms with Crippen LogP contribution in [0.5, 0.6) is 5.75 Å². The predicted molar refractivity (Wildman–Crippen MR) is 118 cm³/mol. The van der Waals surface area contributed by atoms with E-state index in [4.69, 9.17) is 9.47 Å². The van der Waals surface area contributed by atoms with Gasteiger partial charge in [0, 0.05) is 11.3 Å². The van der Waals surface area contributed by atoms with E-state index in [0.717, 1.165) is 10.8 Å². The van der Waals surface area contributed by atoms with Crippen LogP contribution in [0.3, 0.4) is 0 Å². The van der Waals surface area contributed by atoms with Crippen molar-refractivity contribution in [2.45, 2.75) is 20.0 Å². The first-order valence-corrected chi connectivity index (χ1v) is 9.96. The molecule has 7 nitrogen and oxygen atoms in total. The fourth-order valence-electron chi connectivity index (χ4n) is 2.93. The number of anilines is 1. The molecule has 0 heterocycles. The Morgan fingerprint density at radius 1 is 0.935 bits per heavy atom. The van der Waals surface area contributed by atoms with Gasteiger partial charge >= 0.3 is 5.97 Å². The second-order valence-corrected chi connectivity index (χ2v) is 6.82. The summed E-state index contributed by atoms with van der Waals surface area (Å²) < 4.78 is 10.4. The number of carbonyl (C=O) groups excluding carboxylic acids is 3. The van der Waals surface area contributed by atoms with E-state index in [1.54, 1.807) is 30.3 Å². The average molecular weight is 420 g/mol. The third-order valence-corrected chi connectivity index (χ3v) is 4.52. The molecule has 0 bridgehead atoms. The van der Waals surface area contributed by atoms with Crippen molar-refractivity contribution in [1.82, 2.24) is 5.32 Å². The number of amides is 2. The molecule has 160 valence electrons. The number of hydrogen-bond donors (Lipinski definition) is 2. The van der Waals surface area contributed by atoms with Crippen LogP contribution < -0.4 is 15.4 Å². The van der Waals surface area contributed by atoms with Crippen molar-refractivity contribution < 1.29 is 23.9 Å². The molecule has 3 rings (SSSR count). The number of rotatable bonds is 8. The lowest BCUT2D eigenvalue weighted by atomic mass is 10.1. The second kappa shape index (κ2) is 10.2. The maximum atomic E-state index is 12.3. The fourth-order valence-corrected chi connectivity index (χ4v) is 2.93. The molecule has 3 aromatic rings. The van der Waals surface area contributed by atoms with Crippen LogP contribution in [-0.4, -0.2) is 37.0 Å². The number of esters is 1. The number of benzene rings is 3. The first-order valence-electron chi connectivity index (χ1n) is 9.96. The Hall–Kier alpha value is -3.87. The van der Waals surface area contributed by atoms with E-state index in [1.165, 1.54) is 6.92 Å². The summed E-state index contributed by atoms with van der Waals surface area (Å²) in [6.07, 6.45) is -1.01. The van der Waals surface area contributed by atoms with Gasteiger partial charge in [0.15, 0.2) is 6.10 Å². The van der Waals surface area contributed by atoms with Crippen molar-refractivity contribution in [3.63, 3.8) is 0 Å². The van der Waals surface area contributed by atoms with Crippen molar-refractivity contribution in [3.05, 3.63) is 72.3 Å². The normalized spacial score (nSPS) is 11.4. The van der Waals surface area contributed by atoms with Gasteiger partial charge in [-0.1, -0.05) is 30.3 Å². The van der Waals surface area contributed by atoms with Gasteiger partial charge in [0.25, 0.3) is 11.8 Å². The molecule has 0 aromatic heterocycles. The Balaban J connectivity index is 1.47. The zero-order chi connectivity index (χ0) is 22.2. The minimum Gasteiger partial charge on any atom is -0.494 e. The molecule has 31 heavy (non-hydrogen) atoms. The van der Waals surface area contributed by atoms with Crippen molar-refractivity contribution in [2.75, 3.05) is 18.5 Å². The lowest BCUT2D eigenvalue weighted by Gasteiger charge is -2.14. The Morgan fingerprint density at radius 2 is 1.65 bits per heavy atom. The molecule has 3 aromatic carbocycles. The minimum absolute atomic E-state index is 0.348. The summed E-state index contributed by atoms with van der Waals surface area (Å²) in [6.45, 7) is 3.53. The van der Waals surface area contributed by atoms with Gasteiger partial charge in [0.2, 0.25) is 0 Å². The highest BCUT2D eigenvalue weighted by atomic mass is 16.5. The first-order chi connectivity index (χ1) is 15.0. The van der Waals surface area contributed by atoms with Crippen molar-refractivity contribution >= 4 is 34.2 Å². The summed E-state index contributed by atoms with van der Waals surface area (Å²) in [5, 5.41) is 7.25. The Morgan fingerprint density at radius 3 is 2.35 bits per heavy atom. The van der Waals surface area contributed by atoms with E-state index in [1.807, 2.05) is 43.3 Å². The van der Waals surface area contributed by atoms with Crippen molar-refractivity contribution in [3.8, 4) is 5.75 Å². The van der Waals surface area contributed by atoms with E-state index in [-0.39, 0.29) is 6.54 Å². The second-order valence-electron chi connectivity index (χ2n) is 6.82. The molecule has 0 saturated heterocycles.